The summed E-state index contributed by atoms with van der Waals surface area (Å²) in [5.41, 5.74) is 2.87. The van der Waals surface area contributed by atoms with Crippen molar-refractivity contribution in [3.63, 3.8) is 0 Å². The van der Waals surface area contributed by atoms with Crippen molar-refractivity contribution in [3.05, 3.63) is 95.2 Å². The van der Waals surface area contributed by atoms with Gasteiger partial charge in [-0.05, 0) is 61.7 Å². The second kappa shape index (κ2) is 11.0. The van der Waals surface area contributed by atoms with Gasteiger partial charge in [-0.15, -0.1) is 0 Å². The molecule has 9 nitrogen and oxygen atoms in total. The monoisotopic (exact) mass is 526 g/mol. The number of imidazole rings is 1. The maximum absolute atomic E-state index is 13.6. The van der Waals surface area contributed by atoms with Crippen LogP contribution in [0.1, 0.15) is 48.8 Å². The molecule has 200 valence electrons. The first-order valence-corrected chi connectivity index (χ1v) is 13.0. The number of carbonyl (C=O) groups is 2. The molecule has 9 heteroatoms. The zero-order valence-corrected chi connectivity index (χ0v) is 22.1. The summed E-state index contributed by atoms with van der Waals surface area (Å²) in [4.78, 5) is 37.2. The van der Waals surface area contributed by atoms with Gasteiger partial charge in [-0.3, -0.25) is 19.0 Å². The first kappa shape index (κ1) is 26.0. The van der Waals surface area contributed by atoms with E-state index in [9.17, 15) is 14.7 Å². The molecule has 0 saturated carbocycles. The number of likely N-dealkylation sites (tertiary alicyclic amines) is 1. The number of aromatic nitrogens is 3. The number of nitrogens with zero attached hydrogens (tertiary/aromatic N) is 4. The largest absolute Gasteiger partial charge is 0.505 e. The van der Waals surface area contributed by atoms with Crippen LogP contribution in [0.4, 0.5) is 0 Å². The van der Waals surface area contributed by atoms with Crippen LogP contribution in [0.2, 0.25) is 0 Å². The van der Waals surface area contributed by atoms with E-state index in [1.54, 1.807) is 54.2 Å². The van der Waals surface area contributed by atoms with E-state index in [0.29, 0.717) is 47.3 Å². The number of fused-ring (bicyclic) bond motifs is 1. The summed E-state index contributed by atoms with van der Waals surface area (Å²) in [5, 5.41) is 11.7. The van der Waals surface area contributed by atoms with E-state index in [-0.39, 0.29) is 17.9 Å². The molecule has 1 aromatic carbocycles. The number of hydrogen-bond donors (Lipinski definition) is 1. The molecule has 5 rings (SSSR count). The molecule has 1 N–H and O–H groups in total. The molecule has 4 heterocycles. The quantitative estimate of drug-likeness (QED) is 0.189. The molecule has 1 amide bonds. The first-order chi connectivity index (χ1) is 18.9. The second-order valence-electron chi connectivity index (χ2n) is 9.25. The molecule has 0 spiro atoms. The van der Waals surface area contributed by atoms with E-state index in [2.05, 4.69) is 9.97 Å². The molecule has 1 aliphatic rings. The lowest BCUT2D eigenvalue weighted by Gasteiger charge is -2.26. The number of rotatable bonds is 9. The number of ketones is 1. The molecule has 3 aromatic heterocycles. The van der Waals surface area contributed by atoms with Crippen molar-refractivity contribution >= 4 is 23.1 Å². The Morgan fingerprint density at radius 3 is 2.64 bits per heavy atom. The van der Waals surface area contributed by atoms with Gasteiger partial charge < -0.3 is 19.5 Å². The van der Waals surface area contributed by atoms with Gasteiger partial charge in [0.05, 0.1) is 30.5 Å². The number of Topliss-reactive ketones (excluding diaryl/α,β-unsaturated/α-hetero) is 1. The van der Waals surface area contributed by atoms with Gasteiger partial charge in [0, 0.05) is 25.1 Å². The SMILES string of the molecule is CCCOc1ccc(C2C(=C(O)c3c(C)nc4ccccn34)C(=O)C(=O)N2Cc2cccnc2)cc1OCC. The number of aliphatic hydroxyl groups is 1. The Morgan fingerprint density at radius 1 is 1.05 bits per heavy atom. The summed E-state index contributed by atoms with van der Waals surface area (Å²) < 4.78 is 13.4. The number of hydrogen-bond acceptors (Lipinski definition) is 7. The Labute approximate surface area is 226 Å². The average Bonchev–Trinajstić information content (AvgIpc) is 3.41. The van der Waals surface area contributed by atoms with Crippen molar-refractivity contribution in [2.75, 3.05) is 13.2 Å². The number of amides is 1. The summed E-state index contributed by atoms with van der Waals surface area (Å²) in [5.74, 6) is -0.685. The third kappa shape index (κ3) is 4.83. The van der Waals surface area contributed by atoms with E-state index in [1.807, 2.05) is 38.1 Å². The summed E-state index contributed by atoms with van der Waals surface area (Å²) in [6, 6.07) is 13.6. The van der Waals surface area contributed by atoms with Gasteiger partial charge in [0.15, 0.2) is 17.3 Å². The number of pyridine rings is 2. The maximum Gasteiger partial charge on any atom is 0.295 e. The molecular formula is C30H30N4O5. The molecule has 0 bridgehead atoms. The third-order valence-corrected chi connectivity index (χ3v) is 6.59. The standard InChI is InChI=1S/C30H30N4O5/c1-4-15-39-22-12-11-21(16-23(22)38-5-2)27-25(28(35)26-19(3)32-24-10-6-7-14-33(24)26)29(36)30(37)34(27)18-20-9-8-13-31-17-20/h6-14,16-17,27,35H,4-5,15,18H2,1-3H3. The van der Waals surface area contributed by atoms with Gasteiger partial charge in [0.1, 0.15) is 11.3 Å². The van der Waals surface area contributed by atoms with Gasteiger partial charge in [-0.25, -0.2) is 4.98 Å². The summed E-state index contributed by atoms with van der Waals surface area (Å²) >= 11 is 0. The second-order valence-corrected chi connectivity index (χ2v) is 9.25. The Balaban J connectivity index is 1.70. The molecule has 1 atom stereocenters. The fraction of sp³-hybridized carbons (Fsp3) is 0.267. The minimum Gasteiger partial charge on any atom is -0.505 e. The van der Waals surface area contributed by atoms with E-state index < -0.39 is 17.7 Å². The Hall–Kier alpha value is -4.66. The van der Waals surface area contributed by atoms with Crippen LogP contribution >= 0.6 is 0 Å². The summed E-state index contributed by atoms with van der Waals surface area (Å²) in [6.45, 7) is 6.70. The van der Waals surface area contributed by atoms with Crippen LogP contribution in [0.15, 0.2) is 72.7 Å². The molecule has 1 saturated heterocycles. The van der Waals surface area contributed by atoms with Crippen molar-refractivity contribution < 1.29 is 24.2 Å². The lowest BCUT2D eigenvalue weighted by Crippen LogP contribution is -2.29. The normalized spacial score (nSPS) is 16.7. The molecule has 1 fully saturated rings. The van der Waals surface area contributed by atoms with Crippen LogP contribution in [0.3, 0.4) is 0 Å². The van der Waals surface area contributed by atoms with Crippen molar-refractivity contribution in [1.82, 2.24) is 19.3 Å². The maximum atomic E-state index is 13.6. The molecule has 0 aliphatic carbocycles. The van der Waals surface area contributed by atoms with E-state index >= 15 is 0 Å². The summed E-state index contributed by atoms with van der Waals surface area (Å²) in [7, 11) is 0. The van der Waals surface area contributed by atoms with Crippen molar-refractivity contribution in [3.8, 4) is 11.5 Å². The molecule has 4 aromatic rings. The van der Waals surface area contributed by atoms with Crippen LogP contribution in [0.25, 0.3) is 11.4 Å². The Morgan fingerprint density at radius 2 is 1.90 bits per heavy atom. The van der Waals surface area contributed by atoms with Gasteiger partial charge in [-0.2, -0.15) is 0 Å². The zero-order chi connectivity index (χ0) is 27.5. The van der Waals surface area contributed by atoms with Gasteiger partial charge in [0.2, 0.25) is 0 Å². The van der Waals surface area contributed by atoms with Gasteiger partial charge in [-0.1, -0.05) is 25.1 Å². The van der Waals surface area contributed by atoms with Crippen LogP contribution < -0.4 is 9.47 Å². The number of ether oxygens (including phenoxy) is 2. The molecular weight excluding hydrogens is 496 g/mol. The topological polar surface area (TPSA) is 106 Å². The molecule has 1 aliphatic heterocycles. The lowest BCUT2D eigenvalue weighted by atomic mass is 9.95. The summed E-state index contributed by atoms with van der Waals surface area (Å²) in [6.07, 6.45) is 5.89. The third-order valence-electron chi connectivity index (χ3n) is 6.59. The van der Waals surface area contributed by atoms with Crippen LogP contribution in [-0.4, -0.2) is 49.3 Å². The van der Waals surface area contributed by atoms with Crippen LogP contribution in [0.5, 0.6) is 11.5 Å². The lowest BCUT2D eigenvalue weighted by molar-refractivity contribution is -0.140. The first-order valence-electron chi connectivity index (χ1n) is 13.0. The van der Waals surface area contributed by atoms with Gasteiger partial charge >= 0.3 is 0 Å². The average molecular weight is 527 g/mol. The highest BCUT2D eigenvalue weighted by Crippen LogP contribution is 2.43. The Kier molecular flexibility index (Phi) is 7.31. The predicted octanol–water partition coefficient (Wildman–Crippen LogP) is 4.85. The molecule has 1 unspecified atom stereocenters. The smallest absolute Gasteiger partial charge is 0.295 e. The van der Waals surface area contributed by atoms with E-state index in [1.165, 1.54) is 4.90 Å². The van der Waals surface area contributed by atoms with Crippen molar-refractivity contribution in [1.29, 1.82) is 0 Å². The number of aliphatic hydroxyl groups excluding tert-OH is 1. The fourth-order valence-corrected chi connectivity index (χ4v) is 4.90. The molecule has 39 heavy (non-hydrogen) atoms. The number of aryl methyl sites for hydroxylation is 1. The number of benzene rings is 1. The molecule has 0 radical (unpaired) electrons. The highest BCUT2D eigenvalue weighted by molar-refractivity contribution is 6.46. The van der Waals surface area contributed by atoms with Crippen molar-refractivity contribution in [2.24, 2.45) is 0 Å². The minimum atomic E-state index is -0.877. The highest BCUT2D eigenvalue weighted by Gasteiger charge is 2.47. The Bertz CT molecular complexity index is 1560. The van der Waals surface area contributed by atoms with Crippen molar-refractivity contribution in [2.45, 2.75) is 39.8 Å². The van der Waals surface area contributed by atoms with E-state index in [0.717, 1.165) is 12.0 Å². The van der Waals surface area contributed by atoms with Gasteiger partial charge in [0.25, 0.3) is 11.7 Å². The van der Waals surface area contributed by atoms with Crippen LogP contribution in [0, 0.1) is 6.92 Å². The highest BCUT2D eigenvalue weighted by atomic mass is 16.5. The minimum absolute atomic E-state index is 0.0117. The number of carbonyl (C=O) groups excluding carboxylic acids is 2. The fourth-order valence-electron chi connectivity index (χ4n) is 4.90. The predicted molar refractivity (Wildman–Crippen MR) is 145 cm³/mol. The van der Waals surface area contributed by atoms with Crippen LogP contribution in [-0.2, 0) is 16.1 Å². The van der Waals surface area contributed by atoms with E-state index in [4.69, 9.17) is 9.47 Å². The zero-order valence-electron chi connectivity index (χ0n) is 22.1.